The molecule has 0 saturated carbocycles. The number of aryl methyl sites for hydroxylation is 2. The first-order valence-corrected chi connectivity index (χ1v) is 7.95. The normalized spacial score (nSPS) is 10.2. The molecule has 3 aromatic rings. The predicted octanol–water partition coefficient (Wildman–Crippen LogP) is 4.18. The highest BCUT2D eigenvalue weighted by Crippen LogP contribution is 2.32. The highest BCUT2D eigenvalue weighted by Gasteiger charge is 2.23. The number of hydrogen-bond acceptors (Lipinski definition) is 7. The van der Waals surface area contributed by atoms with Gasteiger partial charge in [0.25, 0.3) is 0 Å². The average Bonchev–Trinajstić information content (AvgIpc) is 2.63. The Kier molecular flexibility index (Phi) is 4.93. The van der Waals surface area contributed by atoms with E-state index in [1.165, 1.54) is 6.33 Å². The number of nitrogens with zero attached hydrogens (tertiary/aromatic N) is 3. The van der Waals surface area contributed by atoms with Gasteiger partial charge >= 0.3 is 5.69 Å². The summed E-state index contributed by atoms with van der Waals surface area (Å²) in [4.78, 5) is 19.1. The number of nitro groups is 1. The molecule has 0 aliphatic carbocycles. The van der Waals surface area contributed by atoms with Crippen molar-refractivity contribution in [2.24, 2.45) is 0 Å². The molecule has 0 unspecified atom stereocenters. The molecular weight excluding hydrogens is 332 g/mol. The van der Waals surface area contributed by atoms with Crippen LogP contribution in [0, 0.1) is 24.0 Å². The summed E-state index contributed by atoms with van der Waals surface area (Å²) >= 11 is 0. The van der Waals surface area contributed by atoms with Crippen molar-refractivity contribution in [3.05, 3.63) is 76.1 Å². The van der Waals surface area contributed by atoms with Gasteiger partial charge in [0.2, 0.25) is 11.6 Å². The average molecular weight is 350 g/mol. The Morgan fingerprint density at radius 3 is 2.38 bits per heavy atom. The lowest BCUT2D eigenvalue weighted by Gasteiger charge is -2.13. The number of para-hydroxylation sites is 1. The third-order valence-electron chi connectivity index (χ3n) is 3.74. The zero-order valence-corrected chi connectivity index (χ0v) is 14.4. The molecule has 3 rings (SSSR count). The van der Waals surface area contributed by atoms with E-state index in [1.807, 2.05) is 62.4 Å². The molecule has 0 saturated heterocycles. The van der Waals surface area contributed by atoms with Gasteiger partial charge in [0.15, 0.2) is 0 Å². The van der Waals surface area contributed by atoms with Crippen molar-refractivity contribution in [2.45, 2.75) is 13.8 Å². The molecule has 26 heavy (non-hydrogen) atoms. The van der Waals surface area contributed by atoms with E-state index in [1.54, 1.807) is 0 Å². The first-order valence-electron chi connectivity index (χ1n) is 7.95. The monoisotopic (exact) mass is 350 g/mol. The van der Waals surface area contributed by atoms with E-state index < -0.39 is 4.92 Å². The fourth-order valence-corrected chi connectivity index (χ4v) is 2.47. The minimum absolute atomic E-state index is 0.0705. The molecule has 0 fully saturated rings. The van der Waals surface area contributed by atoms with Crippen LogP contribution in [0.4, 0.5) is 28.7 Å². The van der Waals surface area contributed by atoms with Gasteiger partial charge in [0.05, 0.1) is 10.6 Å². The molecule has 0 aliphatic heterocycles. The minimum Gasteiger partial charge on any atom is -0.334 e. The Morgan fingerprint density at radius 2 is 1.69 bits per heavy atom. The highest BCUT2D eigenvalue weighted by molar-refractivity contribution is 5.75. The maximum Gasteiger partial charge on any atom is 0.355 e. The van der Waals surface area contributed by atoms with Crippen LogP contribution in [0.5, 0.6) is 0 Å². The Balaban J connectivity index is 1.89. The molecule has 0 amide bonds. The van der Waals surface area contributed by atoms with Gasteiger partial charge in [-0.05, 0) is 37.6 Å². The van der Waals surface area contributed by atoms with Crippen molar-refractivity contribution in [3.63, 3.8) is 0 Å². The molecule has 0 spiro atoms. The van der Waals surface area contributed by atoms with Crippen LogP contribution < -0.4 is 16.2 Å². The van der Waals surface area contributed by atoms with Gasteiger partial charge in [0.1, 0.15) is 6.33 Å². The molecule has 0 atom stereocenters. The Morgan fingerprint density at radius 1 is 0.962 bits per heavy atom. The summed E-state index contributed by atoms with van der Waals surface area (Å²) in [5, 5.41) is 14.6. The van der Waals surface area contributed by atoms with Crippen LogP contribution in [-0.4, -0.2) is 14.9 Å². The fourth-order valence-electron chi connectivity index (χ4n) is 2.47. The molecule has 0 radical (unpaired) electrons. The van der Waals surface area contributed by atoms with Crippen molar-refractivity contribution in [1.82, 2.24) is 9.97 Å². The number of benzene rings is 2. The molecule has 0 bridgehead atoms. The molecule has 132 valence electrons. The number of anilines is 4. The number of hydrazine groups is 1. The van der Waals surface area contributed by atoms with Gasteiger partial charge < -0.3 is 5.32 Å². The lowest BCUT2D eigenvalue weighted by molar-refractivity contribution is -0.383. The topological polar surface area (TPSA) is 105 Å². The smallest absolute Gasteiger partial charge is 0.334 e. The van der Waals surface area contributed by atoms with Crippen LogP contribution in [0.2, 0.25) is 0 Å². The lowest BCUT2D eigenvalue weighted by Crippen LogP contribution is -2.13. The number of rotatable bonds is 6. The summed E-state index contributed by atoms with van der Waals surface area (Å²) in [6.45, 7) is 3.92. The summed E-state index contributed by atoms with van der Waals surface area (Å²) < 4.78 is 0. The molecular formula is C18H18N6O2. The zero-order chi connectivity index (χ0) is 18.5. The summed E-state index contributed by atoms with van der Waals surface area (Å²) in [5.74, 6) is 0.190. The van der Waals surface area contributed by atoms with Crippen LogP contribution in [0.3, 0.4) is 0 Å². The number of aromatic nitrogens is 2. The fraction of sp³-hybridized carbons (Fsp3) is 0.111. The van der Waals surface area contributed by atoms with Crippen LogP contribution in [0.1, 0.15) is 11.1 Å². The van der Waals surface area contributed by atoms with Crippen molar-refractivity contribution < 1.29 is 4.92 Å². The van der Waals surface area contributed by atoms with Crippen LogP contribution in [0.25, 0.3) is 0 Å². The Bertz CT molecular complexity index is 930. The van der Waals surface area contributed by atoms with E-state index in [2.05, 4.69) is 26.1 Å². The molecule has 2 aromatic carbocycles. The summed E-state index contributed by atoms with van der Waals surface area (Å²) in [5.41, 5.74) is 9.01. The predicted molar refractivity (Wildman–Crippen MR) is 102 cm³/mol. The van der Waals surface area contributed by atoms with Gasteiger partial charge in [-0.3, -0.25) is 21.0 Å². The maximum absolute atomic E-state index is 11.6. The van der Waals surface area contributed by atoms with Crippen molar-refractivity contribution >= 4 is 28.7 Å². The van der Waals surface area contributed by atoms with Crippen LogP contribution in [0.15, 0.2) is 54.9 Å². The first kappa shape index (κ1) is 17.2. The lowest BCUT2D eigenvalue weighted by atomic mass is 10.1. The van der Waals surface area contributed by atoms with Gasteiger partial charge in [-0.2, -0.15) is 0 Å². The molecule has 0 aliphatic rings. The number of hydrogen-bond donors (Lipinski definition) is 3. The van der Waals surface area contributed by atoms with Crippen LogP contribution in [-0.2, 0) is 0 Å². The molecule has 8 heteroatoms. The molecule has 3 N–H and O–H groups in total. The molecule has 1 heterocycles. The van der Waals surface area contributed by atoms with Crippen LogP contribution >= 0.6 is 0 Å². The summed E-state index contributed by atoms with van der Waals surface area (Å²) in [6.07, 6.45) is 1.27. The second-order valence-corrected chi connectivity index (χ2v) is 5.74. The standard InChI is InChI=1S/C18H18N6O2/c1-12-8-9-15(13(2)10-12)21-17-16(24(25)26)18(20-11-19-17)23-22-14-6-4-3-5-7-14/h3-11,22H,1-2H3,(H2,19,20,21,23). The van der Waals surface area contributed by atoms with E-state index in [0.717, 1.165) is 22.5 Å². The highest BCUT2D eigenvalue weighted by atomic mass is 16.6. The van der Waals surface area contributed by atoms with E-state index in [-0.39, 0.29) is 17.3 Å². The van der Waals surface area contributed by atoms with Crippen molar-refractivity contribution in [3.8, 4) is 0 Å². The Labute approximate surface area is 150 Å². The second-order valence-electron chi connectivity index (χ2n) is 5.74. The van der Waals surface area contributed by atoms with E-state index >= 15 is 0 Å². The van der Waals surface area contributed by atoms with Crippen molar-refractivity contribution in [2.75, 3.05) is 16.2 Å². The molecule has 8 nitrogen and oxygen atoms in total. The summed E-state index contributed by atoms with van der Waals surface area (Å²) in [6, 6.07) is 15.0. The Hall–Kier alpha value is -3.68. The number of nitrogens with one attached hydrogen (secondary N) is 3. The van der Waals surface area contributed by atoms with Gasteiger partial charge in [0, 0.05) is 5.69 Å². The largest absolute Gasteiger partial charge is 0.355 e. The van der Waals surface area contributed by atoms with Gasteiger partial charge in [-0.15, -0.1) is 0 Å². The van der Waals surface area contributed by atoms with E-state index in [4.69, 9.17) is 0 Å². The third-order valence-corrected chi connectivity index (χ3v) is 3.74. The minimum atomic E-state index is -0.513. The maximum atomic E-state index is 11.6. The quantitative estimate of drug-likeness (QED) is 0.452. The molecule has 1 aromatic heterocycles. The van der Waals surface area contributed by atoms with E-state index in [9.17, 15) is 10.1 Å². The van der Waals surface area contributed by atoms with Gasteiger partial charge in [-0.25, -0.2) is 9.97 Å². The third kappa shape index (κ3) is 3.86. The SMILES string of the molecule is Cc1ccc(Nc2ncnc(NNc3ccccc3)c2[N+](=O)[O-])c(C)c1. The zero-order valence-electron chi connectivity index (χ0n) is 14.4. The van der Waals surface area contributed by atoms with E-state index in [0.29, 0.717) is 0 Å². The first-order chi connectivity index (χ1) is 12.5. The van der Waals surface area contributed by atoms with Crippen molar-refractivity contribution in [1.29, 1.82) is 0 Å². The summed E-state index contributed by atoms with van der Waals surface area (Å²) in [7, 11) is 0. The van der Waals surface area contributed by atoms with Gasteiger partial charge in [-0.1, -0.05) is 35.9 Å². The second kappa shape index (κ2) is 7.47.